The zero-order valence-corrected chi connectivity index (χ0v) is 10.3. The second kappa shape index (κ2) is 4.77. The fourth-order valence-corrected chi connectivity index (χ4v) is 2.51. The second-order valence-electron chi connectivity index (χ2n) is 5.18. The Morgan fingerprint density at radius 3 is 2.47 bits per heavy atom. The number of alkyl halides is 3. The van der Waals surface area contributed by atoms with E-state index in [1.807, 2.05) is 0 Å². The molecule has 0 radical (unpaired) electrons. The fourth-order valence-electron chi connectivity index (χ4n) is 2.51. The molecule has 0 aromatic heterocycles. The van der Waals surface area contributed by atoms with E-state index in [9.17, 15) is 18.3 Å². The van der Waals surface area contributed by atoms with Gasteiger partial charge in [0.05, 0.1) is 11.2 Å². The Balaban J connectivity index is 2.31. The van der Waals surface area contributed by atoms with Crippen molar-refractivity contribution >= 4 is 0 Å². The van der Waals surface area contributed by atoms with Crippen LogP contribution in [0.2, 0.25) is 0 Å². The van der Waals surface area contributed by atoms with Crippen molar-refractivity contribution in [3.8, 4) is 0 Å². The Kier molecular flexibility index (Phi) is 3.59. The van der Waals surface area contributed by atoms with E-state index in [4.69, 9.17) is 11.5 Å². The zero-order chi connectivity index (χ0) is 14.3. The van der Waals surface area contributed by atoms with E-state index in [1.54, 1.807) is 0 Å². The van der Waals surface area contributed by atoms with Gasteiger partial charge in [-0.05, 0) is 37.0 Å². The average Bonchev–Trinajstić information content (AvgIpc) is 2.34. The van der Waals surface area contributed by atoms with E-state index >= 15 is 0 Å². The molecule has 0 unspecified atom stereocenters. The van der Waals surface area contributed by atoms with Crippen LogP contribution in [0.1, 0.15) is 30.4 Å². The number of aliphatic hydroxyl groups is 1. The van der Waals surface area contributed by atoms with Crippen molar-refractivity contribution in [3.63, 3.8) is 0 Å². The Morgan fingerprint density at radius 2 is 1.89 bits per heavy atom. The monoisotopic (exact) mass is 274 g/mol. The minimum atomic E-state index is -4.42. The van der Waals surface area contributed by atoms with Gasteiger partial charge in [-0.1, -0.05) is 12.1 Å². The van der Waals surface area contributed by atoms with Gasteiger partial charge in [0.15, 0.2) is 0 Å². The molecule has 3 atom stereocenters. The largest absolute Gasteiger partial charge is 0.416 e. The molecule has 3 nitrogen and oxygen atoms in total. The summed E-state index contributed by atoms with van der Waals surface area (Å²) in [5.41, 5.74) is 9.74. The lowest BCUT2D eigenvalue weighted by Gasteiger charge is -2.39. The molecule has 0 bridgehead atoms. The van der Waals surface area contributed by atoms with Crippen molar-refractivity contribution < 1.29 is 18.3 Å². The summed E-state index contributed by atoms with van der Waals surface area (Å²) in [5.74, 6) is 0. The van der Waals surface area contributed by atoms with Crippen molar-refractivity contribution in [2.75, 3.05) is 0 Å². The minimum Gasteiger partial charge on any atom is -0.385 e. The summed E-state index contributed by atoms with van der Waals surface area (Å²) in [6, 6.07) is 4.15. The molecule has 0 saturated heterocycles. The molecule has 0 heterocycles. The van der Waals surface area contributed by atoms with Gasteiger partial charge in [0.2, 0.25) is 0 Å². The first-order valence-corrected chi connectivity index (χ1v) is 6.14. The molecule has 1 saturated carbocycles. The maximum atomic E-state index is 12.7. The highest BCUT2D eigenvalue weighted by molar-refractivity contribution is 5.30. The summed E-state index contributed by atoms with van der Waals surface area (Å²) in [5, 5.41) is 10.5. The topological polar surface area (TPSA) is 72.3 Å². The Labute approximate surface area is 109 Å². The van der Waals surface area contributed by atoms with Crippen LogP contribution in [0.5, 0.6) is 0 Å². The smallest absolute Gasteiger partial charge is 0.385 e. The molecule has 1 aromatic rings. The molecule has 1 aliphatic carbocycles. The van der Waals surface area contributed by atoms with Gasteiger partial charge < -0.3 is 16.6 Å². The molecule has 0 spiro atoms. The van der Waals surface area contributed by atoms with E-state index in [0.29, 0.717) is 12.8 Å². The first-order valence-electron chi connectivity index (χ1n) is 6.14. The highest BCUT2D eigenvalue weighted by Gasteiger charge is 2.39. The fraction of sp³-hybridized carbons (Fsp3) is 0.538. The molecule has 1 aromatic carbocycles. The molecule has 0 aliphatic heterocycles. The van der Waals surface area contributed by atoms with E-state index in [-0.39, 0.29) is 18.0 Å². The Morgan fingerprint density at radius 1 is 1.21 bits per heavy atom. The molecule has 0 amide bonds. The van der Waals surface area contributed by atoms with Crippen molar-refractivity contribution in [2.24, 2.45) is 11.5 Å². The van der Waals surface area contributed by atoms with E-state index in [1.165, 1.54) is 12.1 Å². The highest BCUT2D eigenvalue weighted by atomic mass is 19.4. The summed E-state index contributed by atoms with van der Waals surface area (Å²) in [6.45, 7) is 0. The van der Waals surface area contributed by atoms with Crippen molar-refractivity contribution in [1.82, 2.24) is 0 Å². The maximum absolute atomic E-state index is 12.7. The van der Waals surface area contributed by atoms with Gasteiger partial charge in [0, 0.05) is 12.1 Å². The highest BCUT2D eigenvalue weighted by Crippen LogP contribution is 2.38. The van der Waals surface area contributed by atoms with Crippen LogP contribution in [0, 0.1) is 0 Å². The molecule has 19 heavy (non-hydrogen) atoms. The predicted octanol–water partition coefficient (Wildman–Crippen LogP) is 1.73. The lowest BCUT2D eigenvalue weighted by Crippen LogP contribution is -2.51. The quantitative estimate of drug-likeness (QED) is 0.730. The van der Waals surface area contributed by atoms with Gasteiger partial charge in [0.1, 0.15) is 0 Å². The molecule has 1 fully saturated rings. The standard InChI is InChI=1S/C13H17F3N2O/c14-13(15,16)9-3-1-2-8(6-9)12(19)5-4-10(17)11(18)7-12/h1-3,6,10-11,19H,4-5,7,17-18H2/t10-,11-,12+/m0/s1. The number of hydrogen-bond donors (Lipinski definition) is 3. The molecular formula is C13H17F3N2O. The third-order valence-electron chi connectivity index (χ3n) is 3.74. The van der Waals surface area contributed by atoms with Crippen LogP contribution in [0.15, 0.2) is 24.3 Å². The third-order valence-corrected chi connectivity index (χ3v) is 3.74. The summed E-state index contributed by atoms with van der Waals surface area (Å²) in [4.78, 5) is 0. The Bertz CT molecular complexity index is 463. The van der Waals surface area contributed by atoms with Gasteiger partial charge in [-0.3, -0.25) is 0 Å². The SMILES string of the molecule is N[C@H]1CC[C@](O)(c2cccc(C(F)(F)F)c2)C[C@@H]1N. The number of hydrogen-bond acceptors (Lipinski definition) is 3. The maximum Gasteiger partial charge on any atom is 0.416 e. The van der Waals surface area contributed by atoms with Gasteiger partial charge >= 0.3 is 6.18 Å². The lowest BCUT2D eigenvalue weighted by atomic mass is 9.75. The van der Waals surface area contributed by atoms with Crippen LogP contribution in [-0.4, -0.2) is 17.2 Å². The minimum absolute atomic E-state index is 0.176. The van der Waals surface area contributed by atoms with Gasteiger partial charge in [-0.25, -0.2) is 0 Å². The number of nitrogens with two attached hydrogens (primary N) is 2. The summed E-state index contributed by atoms with van der Waals surface area (Å²) in [6.07, 6.45) is -3.42. The lowest BCUT2D eigenvalue weighted by molar-refractivity contribution is -0.137. The van der Waals surface area contributed by atoms with Crippen LogP contribution >= 0.6 is 0 Å². The first kappa shape index (κ1) is 14.3. The van der Waals surface area contributed by atoms with E-state index in [2.05, 4.69) is 0 Å². The van der Waals surface area contributed by atoms with Crippen LogP contribution in [0.4, 0.5) is 13.2 Å². The number of halogens is 3. The molecule has 2 rings (SSSR count). The number of benzene rings is 1. The van der Waals surface area contributed by atoms with Crippen LogP contribution in [0.3, 0.4) is 0 Å². The summed E-state index contributed by atoms with van der Waals surface area (Å²) >= 11 is 0. The molecule has 106 valence electrons. The van der Waals surface area contributed by atoms with Crippen molar-refractivity contribution in [2.45, 2.75) is 43.1 Å². The molecule has 6 heteroatoms. The van der Waals surface area contributed by atoms with E-state index in [0.717, 1.165) is 12.1 Å². The second-order valence-corrected chi connectivity index (χ2v) is 5.18. The third kappa shape index (κ3) is 2.91. The van der Waals surface area contributed by atoms with Crippen molar-refractivity contribution in [3.05, 3.63) is 35.4 Å². The average molecular weight is 274 g/mol. The normalized spacial score (nSPS) is 32.3. The van der Waals surface area contributed by atoms with Gasteiger partial charge in [0.25, 0.3) is 0 Å². The predicted molar refractivity (Wildman–Crippen MR) is 65.1 cm³/mol. The van der Waals surface area contributed by atoms with Crippen LogP contribution in [0.25, 0.3) is 0 Å². The van der Waals surface area contributed by atoms with Gasteiger partial charge in [-0.2, -0.15) is 13.2 Å². The number of rotatable bonds is 1. The van der Waals surface area contributed by atoms with Crippen LogP contribution in [-0.2, 0) is 11.8 Å². The molecule has 5 N–H and O–H groups in total. The molecule has 1 aliphatic rings. The summed E-state index contributed by atoms with van der Waals surface area (Å²) in [7, 11) is 0. The summed E-state index contributed by atoms with van der Waals surface area (Å²) < 4.78 is 38.0. The zero-order valence-electron chi connectivity index (χ0n) is 10.3. The van der Waals surface area contributed by atoms with Crippen molar-refractivity contribution in [1.29, 1.82) is 0 Å². The van der Waals surface area contributed by atoms with Crippen LogP contribution < -0.4 is 11.5 Å². The van der Waals surface area contributed by atoms with E-state index < -0.39 is 23.4 Å². The first-order chi connectivity index (χ1) is 8.72. The van der Waals surface area contributed by atoms with Gasteiger partial charge in [-0.15, -0.1) is 0 Å². The Hall–Kier alpha value is -1.11. The molecular weight excluding hydrogens is 257 g/mol.